The average molecular weight is 419 g/mol. The molecule has 1 unspecified atom stereocenters. The Labute approximate surface area is 173 Å². The van der Waals surface area contributed by atoms with Crippen LogP contribution in [-0.2, 0) is 17.6 Å². The Bertz CT molecular complexity index is 891. The van der Waals surface area contributed by atoms with Crippen LogP contribution < -0.4 is 10.2 Å². The number of anilines is 2. The number of aliphatic hydroxyl groups excluding tert-OH is 1. The van der Waals surface area contributed by atoms with Gasteiger partial charge >= 0.3 is 5.97 Å². The van der Waals surface area contributed by atoms with Crippen LogP contribution in [0.5, 0.6) is 0 Å². The predicted molar refractivity (Wildman–Crippen MR) is 111 cm³/mol. The Balaban J connectivity index is 1.53. The highest BCUT2D eigenvalue weighted by molar-refractivity contribution is 7.16. The summed E-state index contributed by atoms with van der Waals surface area (Å²) in [7, 11) is 0. The van der Waals surface area contributed by atoms with Gasteiger partial charge in [-0.1, -0.05) is 13.8 Å². The summed E-state index contributed by atoms with van der Waals surface area (Å²) < 4.78 is 5.33. The number of aromatic nitrogens is 2. The molecule has 2 aromatic rings. The van der Waals surface area contributed by atoms with Crippen molar-refractivity contribution < 1.29 is 19.7 Å². The lowest BCUT2D eigenvalue weighted by atomic mass is 9.77. The fraction of sp³-hybridized carbons (Fsp3) is 0.550. The number of nitrogens with one attached hydrogen (secondary N) is 1. The number of fused-ring (bicyclic) bond motifs is 1. The second kappa shape index (κ2) is 7.89. The third-order valence-electron chi connectivity index (χ3n) is 5.53. The lowest BCUT2D eigenvalue weighted by Crippen LogP contribution is -2.37. The zero-order valence-electron chi connectivity index (χ0n) is 16.6. The first-order valence-electron chi connectivity index (χ1n) is 9.81. The number of rotatable bonds is 5. The van der Waals surface area contributed by atoms with Gasteiger partial charge in [-0.05, 0) is 30.2 Å². The molecule has 3 heterocycles. The van der Waals surface area contributed by atoms with E-state index in [9.17, 15) is 15.0 Å². The third kappa shape index (κ3) is 4.22. The molecule has 0 spiro atoms. The van der Waals surface area contributed by atoms with E-state index in [-0.39, 0.29) is 11.0 Å². The molecule has 1 aliphatic carbocycles. The number of thiophene rings is 1. The van der Waals surface area contributed by atoms with Gasteiger partial charge in [0.2, 0.25) is 5.95 Å². The molecule has 0 bridgehead atoms. The van der Waals surface area contributed by atoms with Crippen LogP contribution >= 0.6 is 11.3 Å². The van der Waals surface area contributed by atoms with E-state index in [1.807, 2.05) is 4.90 Å². The summed E-state index contributed by atoms with van der Waals surface area (Å²) in [5.74, 6) is -0.361. The zero-order valence-corrected chi connectivity index (χ0v) is 17.5. The van der Waals surface area contributed by atoms with Gasteiger partial charge in [0.25, 0.3) is 0 Å². The quantitative estimate of drug-likeness (QED) is 0.636. The number of carbonyl (C=O) groups is 1. The summed E-state index contributed by atoms with van der Waals surface area (Å²) >= 11 is 1.43. The fourth-order valence-electron chi connectivity index (χ4n) is 3.84. The summed E-state index contributed by atoms with van der Waals surface area (Å²) in [6, 6.07) is 0. The first-order chi connectivity index (χ1) is 13.8. The van der Waals surface area contributed by atoms with Gasteiger partial charge in [0.05, 0.1) is 18.8 Å². The van der Waals surface area contributed by atoms with E-state index < -0.39 is 12.2 Å². The van der Waals surface area contributed by atoms with Crippen molar-refractivity contribution in [3.63, 3.8) is 0 Å². The zero-order chi connectivity index (χ0) is 20.6. The highest BCUT2D eigenvalue weighted by Gasteiger charge is 2.33. The van der Waals surface area contributed by atoms with Gasteiger partial charge in [0, 0.05) is 35.9 Å². The van der Waals surface area contributed by atoms with Gasteiger partial charge in [-0.3, -0.25) is 0 Å². The Kier molecular flexibility index (Phi) is 5.46. The molecule has 4 rings (SSSR count). The van der Waals surface area contributed by atoms with E-state index >= 15 is 0 Å². The molecule has 1 saturated heterocycles. The lowest BCUT2D eigenvalue weighted by Gasteiger charge is -2.29. The minimum absolute atomic E-state index is 0.159. The Hall–Kier alpha value is -2.23. The van der Waals surface area contributed by atoms with Crippen molar-refractivity contribution in [1.82, 2.24) is 9.97 Å². The van der Waals surface area contributed by atoms with Crippen LogP contribution in [-0.4, -0.2) is 52.5 Å². The summed E-state index contributed by atoms with van der Waals surface area (Å²) in [6.45, 7) is 7.16. The number of ether oxygens (including phenoxy) is 1. The summed E-state index contributed by atoms with van der Waals surface area (Å²) in [5, 5.41) is 23.8. The first kappa shape index (κ1) is 20.1. The van der Waals surface area contributed by atoms with E-state index in [0.29, 0.717) is 29.7 Å². The standard InChI is InChI=1S/C20H26N4O4S/c1-20(2)4-3-13-14(9-20)29-17(15(13)18(26)27)23-16(25)12-10-21-19(22-11-12)24-5-7-28-8-6-24/h10-11,16,23,25H,3-9H2,1-2H3,(H,26,27). The maximum absolute atomic E-state index is 11.9. The molecule has 0 radical (unpaired) electrons. The molecule has 0 amide bonds. The molecule has 0 saturated carbocycles. The van der Waals surface area contributed by atoms with Crippen molar-refractivity contribution in [1.29, 1.82) is 0 Å². The van der Waals surface area contributed by atoms with Gasteiger partial charge in [-0.2, -0.15) is 0 Å². The lowest BCUT2D eigenvalue weighted by molar-refractivity contribution is 0.0696. The van der Waals surface area contributed by atoms with Crippen molar-refractivity contribution in [2.45, 2.75) is 39.3 Å². The predicted octanol–water partition coefficient (Wildman–Crippen LogP) is 2.69. The van der Waals surface area contributed by atoms with Crippen LogP contribution in [0.4, 0.5) is 10.9 Å². The molecule has 2 aliphatic rings. The molecule has 2 aromatic heterocycles. The maximum atomic E-state index is 11.9. The number of nitrogens with zero attached hydrogens (tertiary/aromatic N) is 3. The number of morpholine rings is 1. The highest BCUT2D eigenvalue weighted by atomic mass is 32.1. The minimum Gasteiger partial charge on any atom is -0.478 e. The van der Waals surface area contributed by atoms with Crippen LogP contribution in [0.2, 0.25) is 0 Å². The van der Waals surface area contributed by atoms with Crippen molar-refractivity contribution in [3.8, 4) is 0 Å². The highest BCUT2D eigenvalue weighted by Crippen LogP contribution is 2.44. The second-order valence-corrected chi connectivity index (χ2v) is 9.42. The molecule has 29 heavy (non-hydrogen) atoms. The number of carboxylic acid groups (broad SMARTS) is 1. The molecule has 0 aromatic carbocycles. The SMILES string of the molecule is CC1(C)CCc2c(sc(NC(O)c3cnc(N4CCOCC4)nc3)c2C(=O)O)C1. The van der Waals surface area contributed by atoms with Gasteiger partial charge in [-0.15, -0.1) is 11.3 Å². The van der Waals surface area contributed by atoms with Gasteiger partial charge in [0.15, 0.2) is 6.23 Å². The van der Waals surface area contributed by atoms with Crippen LogP contribution in [0.1, 0.15) is 52.9 Å². The Morgan fingerprint density at radius 3 is 2.66 bits per heavy atom. The molecule has 1 aliphatic heterocycles. The van der Waals surface area contributed by atoms with Crippen LogP contribution in [0.3, 0.4) is 0 Å². The van der Waals surface area contributed by atoms with Gasteiger partial charge in [-0.25, -0.2) is 14.8 Å². The fourth-order valence-corrected chi connectivity index (χ4v) is 5.36. The molecule has 3 N–H and O–H groups in total. The topological polar surface area (TPSA) is 108 Å². The normalized spacial score (nSPS) is 19.5. The number of aliphatic hydroxyl groups is 1. The largest absolute Gasteiger partial charge is 0.478 e. The van der Waals surface area contributed by atoms with E-state index in [1.54, 1.807) is 12.4 Å². The number of aromatic carboxylic acids is 1. The second-order valence-electron chi connectivity index (χ2n) is 8.32. The van der Waals surface area contributed by atoms with Gasteiger partial charge in [0.1, 0.15) is 5.00 Å². The molecule has 8 nitrogen and oxygen atoms in total. The Morgan fingerprint density at radius 2 is 2.00 bits per heavy atom. The van der Waals surface area contributed by atoms with E-state index in [1.165, 1.54) is 11.3 Å². The molecule has 9 heteroatoms. The molecule has 156 valence electrons. The number of hydrogen-bond acceptors (Lipinski definition) is 8. The Morgan fingerprint density at radius 1 is 1.31 bits per heavy atom. The van der Waals surface area contributed by atoms with Crippen molar-refractivity contribution in [2.75, 3.05) is 36.5 Å². The number of carboxylic acids is 1. The van der Waals surface area contributed by atoms with E-state index in [4.69, 9.17) is 4.74 Å². The van der Waals surface area contributed by atoms with Crippen LogP contribution in [0.15, 0.2) is 12.4 Å². The van der Waals surface area contributed by atoms with E-state index in [0.717, 1.165) is 42.8 Å². The van der Waals surface area contributed by atoms with E-state index in [2.05, 4.69) is 29.1 Å². The summed E-state index contributed by atoms with van der Waals surface area (Å²) in [6.07, 6.45) is 4.62. The summed E-state index contributed by atoms with van der Waals surface area (Å²) in [4.78, 5) is 23.7. The molecular formula is C20H26N4O4S. The first-order valence-corrected chi connectivity index (χ1v) is 10.6. The van der Waals surface area contributed by atoms with Gasteiger partial charge < -0.3 is 25.2 Å². The monoisotopic (exact) mass is 418 g/mol. The minimum atomic E-state index is -1.08. The smallest absolute Gasteiger partial charge is 0.338 e. The molecule has 1 fully saturated rings. The van der Waals surface area contributed by atoms with Crippen LogP contribution in [0, 0.1) is 5.41 Å². The molecule has 1 atom stereocenters. The number of hydrogen-bond donors (Lipinski definition) is 3. The van der Waals surface area contributed by atoms with Crippen molar-refractivity contribution in [2.24, 2.45) is 5.41 Å². The van der Waals surface area contributed by atoms with Crippen LogP contribution in [0.25, 0.3) is 0 Å². The van der Waals surface area contributed by atoms with Crippen molar-refractivity contribution >= 4 is 28.3 Å². The summed E-state index contributed by atoms with van der Waals surface area (Å²) in [5.41, 5.74) is 1.83. The molecular weight excluding hydrogens is 392 g/mol. The average Bonchev–Trinajstić information content (AvgIpc) is 3.04. The maximum Gasteiger partial charge on any atom is 0.338 e. The third-order valence-corrected chi connectivity index (χ3v) is 6.69. The van der Waals surface area contributed by atoms with Crippen molar-refractivity contribution in [3.05, 3.63) is 34.0 Å².